The molecule has 1 aliphatic rings. The minimum absolute atomic E-state index is 0.625. The lowest BCUT2D eigenvalue weighted by Gasteiger charge is -2.35. The first kappa shape index (κ1) is 14.6. The smallest absolute Gasteiger partial charge is 0.0507 e. The summed E-state index contributed by atoms with van der Waals surface area (Å²) in [5.41, 5.74) is 2.58. The monoisotopic (exact) mass is 282 g/mol. The fraction of sp³-hybridized carbons (Fsp3) is 0.600. The van der Waals surface area contributed by atoms with Crippen molar-refractivity contribution in [3.8, 4) is 0 Å². The fourth-order valence-corrected chi connectivity index (χ4v) is 2.99. The van der Waals surface area contributed by atoms with Crippen molar-refractivity contribution in [1.29, 1.82) is 0 Å². The van der Waals surface area contributed by atoms with Crippen LogP contribution in [0.1, 0.15) is 18.4 Å². The highest BCUT2D eigenvalue weighted by Gasteiger charge is 2.21. The zero-order valence-corrected chi connectivity index (χ0v) is 12.5. The van der Waals surface area contributed by atoms with E-state index in [2.05, 4.69) is 22.3 Å². The summed E-state index contributed by atoms with van der Waals surface area (Å²) in [6.07, 6.45) is 2.48. The molecular weight excluding hydrogens is 260 g/mol. The number of nitrogens with one attached hydrogen (secondary N) is 1. The van der Waals surface area contributed by atoms with Crippen LogP contribution in [-0.2, 0) is 11.3 Å². The first-order valence-electron chi connectivity index (χ1n) is 6.91. The van der Waals surface area contributed by atoms with Crippen molar-refractivity contribution < 1.29 is 4.74 Å². The molecular formula is C15H23ClN2O. The summed E-state index contributed by atoms with van der Waals surface area (Å²) < 4.78 is 5.30. The molecule has 0 radical (unpaired) electrons. The molecule has 1 aromatic rings. The summed E-state index contributed by atoms with van der Waals surface area (Å²) in [6.45, 7) is 3.89. The lowest BCUT2D eigenvalue weighted by Crippen LogP contribution is -2.37. The molecule has 0 aromatic heterocycles. The van der Waals surface area contributed by atoms with Crippen LogP contribution in [0.4, 0.5) is 5.69 Å². The second-order valence-corrected chi connectivity index (χ2v) is 5.65. The van der Waals surface area contributed by atoms with E-state index in [0.29, 0.717) is 5.92 Å². The van der Waals surface area contributed by atoms with E-state index in [1.54, 1.807) is 7.11 Å². The van der Waals surface area contributed by atoms with Gasteiger partial charge in [-0.3, -0.25) is 0 Å². The zero-order valence-electron chi connectivity index (χ0n) is 11.8. The number of hydrogen-bond acceptors (Lipinski definition) is 3. The molecule has 1 fully saturated rings. The maximum absolute atomic E-state index is 6.16. The maximum Gasteiger partial charge on any atom is 0.0507 e. The van der Waals surface area contributed by atoms with Crippen molar-refractivity contribution >= 4 is 17.3 Å². The Labute approximate surface area is 120 Å². The van der Waals surface area contributed by atoms with Gasteiger partial charge in [-0.05, 0) is 43.5 Å². The summed E-state index contributed by atoms with van der Waals surface area (Å²) in [5.74, 6) is 0.625. The van der Waals surface area contributed by atoms with E-state index in [-0.39, 0.29) is 0 Å². The van der Waals surface area contributed by atoms with Crippen LogP contribution in [0.3, 0.4) is 0 Å². The fourth-order valence-electron chi connectivity index (χ4n) is 2.83. The molecule has 1 aromatic carbocycles. The first-order chi connectivity index (χ1) is 9.24. The Morgan fingerprint density at radius 1 is 1.47 bits per heavy atom. The summed E-state index contributed by atoms with van der Waals surface area (Å²) in [6, 6.07) is 6.17. The highest BCUT2D eigenvalue weighted by molar-refractivity contribution is 6.30. The number of hydrogen-bond donors (Lipinski definition) is 1. The van der Waals surface area contributed by atoms with Gasteiger partial charge in [0.2, 0.25) is 0 Å². The van der Waals surface area contributed by atoms with Crippen LogP contribution in [0, 0.1) is 5.92 Å². The minimum Gasteiger partial charge on any atom is -0.384 e. The molecule has 1 heterocycles. The van der Waals surface area contributed by atoms with Crippen LogP contribution in [0.5, 0.6) is 0 Å². The molecule has 3 nitrogen and oxygen atoms in total. The second-order valence-electron chi connectivity index (χ2n) is 5.21. The molecule has 0 spiro atoms. The molecule has 106 valence electrons. The largest absolute Gasteiger partial charge is 0.384 e. The van der Waals surface area contributed by atoms with E-state index < -0.39 is 0 Å². The van der Waals surface area contributed by atoms with Crippen molar-refractivity contribution in [3.05, 3.63) is 28.8 Å². The van der Waals surface area contributed by atoms with Crippen molar-refractivity contribution in [3.63, 3.8) is 0 Å². The van der Waals surface area contributed by atoms with Gasteiger partial charge in [-0.2, -0.15) is 0 Å². The van der Waals surface area contributed by atoms with Crippen LogP contribution in [-0.4, -0.2) is 33.9 Å². The Balaban J connectivity index is 2.17. The molecule has 4 heteroatoms. The summed E-state index contributed by atoms with van der Waals surface area (Å²) >= 11 is 6.16. The summed E-state index contributed by atoms with van der Waals surface area (Å²) in [7, 11) is 3.76. The van der Waals surface area contributed by atoms with Gasteiger partial charge in [0, 0.05) is 37.5 Å². The molecule has 1 N–H and O–H groups in total. The Morgan fingerprint density at radius 3 is 3.05 bits per heavy atom. The average molecular weight is 283 g/mol. The van der Waals surface area contributed by atoms with Crippen molar-refractivity contribution in [2.45, 2.75) is 19.4 Å². The topological polar surface area (TPSA) is 24.5 Å². The SMILES string of the molecule is CNCc1ccc(Cl)cc1N1CCCC(COC)C1. The maximum atomic E-state index is 6.16. The number of ether oxygens (including phenoxy) is 1. The summed E-state index contributed by atoms with van der Waals surface area (Å²) in [4.78, 5) is 2.45. The molecule has 0 bridgehead atoms. The number of benzene rings is 1. The van der Waals surface area contributed by atoms with E-state index in [1.165, 1.54) is 24.1 Å². The molecule has 0 aliphatic carbocycles. The third-order valence-electron chi connectivity index (χ3n) is 3.68. The number of rotatable bonds is 5. The van der Waals surface area contributed by atoms with E-state index in [0.717, 1.165) is 31.3 Å². The van der Waals surface area contributed by atoms with Crippen molar-refractivity contribution in [1.82, 2.24) is 5.32 Å². The Kier molecular flexibility index (Phi) is 5.49. The molecule has 2 rings (SSSR count). The highest BCUT2D eigenvalue weighted by atomic mass is 35.5. The van der Waals surface area contributed by atoms with Gasteiger partial charge in [-0.25, -0.2) is 0 Å². The quantitative estimate of drug-likeness (QED) is 0.899. The normalized spacial score (nSPS) is 19.7. The van der Waals surface area contributed by atoms with Gasteiger partial charge < -0.3 is 15.0 Å². The van der Waals surface area contributed by atoms with Gasteiger partial charge in [-0.1, -0.05) is 17.7 Å². The first-order valence-corrected chi connectivity index (χ1v) is 7.29. The van der Waals surface area contributed by atoms with E-state index in [1.807, 2.05) is 13.1 Å². The molecule has 19 heavy (non-hydrogen) atoms. The molecule has 1 saturated heterocycles. The van der Waals surface area contributed by atoms with Gasteiger partial charge in [0.15, 0.2) is 0 Å². The number of halogens is 1. The lowest BCUT2D eigenvalue weighted by molar-refractivity contribution is 0.143. The second kappa shape index (κ2) is 7.13. The van der Waals surface area contributed by atoms with Crippen molar-refractivity contribution in [2.75, 3.05) is 38.8 Å². The van der Waals surface area contributed by atoms with Crippen LogP contribution in [0.2, 0.25) is 5.02 Å². The Hall–Kier alpha value is -0.770. The van der Waals surface area contributed by atoms with Crippen LogP contribution < -0.4 is 10.2 Å². The minimum atomic E-state index is 0.625. The zero-order chi connectivity index (χ0) is 13.7. The molecule has 1 unspecified atom stereocenters. The number of methoxy groups -OCH3 is 1. The molecule has 1 aliphatic heterocycles. The molecule has 1 atom stereocenters. The van der Waals surface area contributed by atoms with Gasteiger partial charge in [0.1, 0.15) is 0 Å². The standard InChI is InChI=1S/C15H23ClN2O/c1-17-9-13-5-6-14(16)8-15(13)18-7-3-4-12(10-18)11-19-2/h5-6,8,12,17H,3-4,7,9-11H2,1-2H3. The van der Waals surface area contributed by atoms with Gasteiger partial charge in [0.25, 0.3) is 0 Å². The van der Waals surface area contributed by atoms with Gasteiger partial charge >= 0.3 is 0 Å². The molecule has 0 amide bonds. The molecule has 0 saturated carbocycles. The predicted octanol–water partition coefficient (Wildman–Crippen LogP) is 2.92. The average Bonchev–Trinajstić information content (AvgIpc) is 2.42. The van der Waals surface area contributed by atoms with Crippen molar-refractivity contribution in [2.24, 2.45) is 5.92 Å². The predicted molar refractivity (Wildman–Crippen MR) is 81.0 cm³/mol. The lowest BCUT2D eigenvalue weighted by atomic mass is 9.97. The highest BCUT2D eigenvalue weighted by Crippen LogP contribution is 2.29. The van der Waals surface area contributed by atoms with Gasteiger partial charge in [-0.15, -0.1) is 0 Å². The third kappa shape index (κ3) is 3.85. The number of nitrogens with zero attached hydrogens (tertiary/aromatic N) is 1. The van der Waals surface area contributed by atoms with E-state index >= 15 is 0 Å². The van der Waals surface area contributed by atoms with E-state index in [9.17, 15) is 0 Å². The summed E-state index contributed by atoms with van der Waals surface area (Å²) in [5, 5.41) is 4.03. The van der Waals surface area contributed by atoms with Gasteiger partial charge in [0.05, 0.1) is 6.61 Å². The van der Waals surface area contributed by atoms with Crippen LogP contribution >= 0.6 is 11.6 Å². The number of anilines is 1. The Bertz CT molecular complexity index is 409. The van der Waals surface area contributed by atoms with Crippen LogP contribution in [0.25, 0.3) is 0 Å². The third-order valence-corrected chi connectivity index (χ3v) is 3.91. The van der Waals surface area contributed by atoms with Crippen LogP contribution in [0.15, 0.2) is 18.2 Å². The Morgan fingerprint density at radius 2 is 2.32 bits per heavy atom. The van der Waals surface area contributed by atoms with E-state index in [4.69, 9.17) is 16.3 Å². The number of piperidine rings is 1.